The molecule has 2 aromatic rings. The molecular weight excluding hydrogens is 335 g/mol. The average Bonchev–Trinajstić information content (AvgIpc) is 2.62. The van der Waals surface area contributed by atoms with Gasteiger partial charge in [-0.25, -0.2) is 4.39 Å². The van der Waals surface area contributed by atoms with E-state index in [-0.39, 0.29) is 17.2 Å². The molecule has 0 saturated heterocycles. The summed E-state index contributed by atoms with van der Waals surface area (Å²) >= 11 is 0. The van der Waals surface area contributed by atoms with Crippen LogP contribution in [0.5, 0.6) is 0 Å². The molecule has 3 rings (SSSR count). The van der Waals surface area contributed by atoms with Gasteiger partial charge in [-0.1, -0.05) is 12.1 Å². The van der Waals surface area contributed by atoms with E-state index in [0.717, 1.165) is 17.5 Å². The molecule has 0 saturated carbocycles. The summed E-state index contributed by atoms with van der Waals surface area (Å²) in [4.78, 5) is 23.9. The molecule has 5 N–H and O–H groups in total. The van der Waals surface area contributed by atoms with Crippen molar-refractivity contribution < 1.29 is 14.0 Å². The summed E-state index contributed by atoms with van der Waals surface area (Å²) in [5, 5.41) is 13.0. The van der Waals surface area contributed by atoms with E-state index >= 15 is 0 Å². The zero-order valence-electron chi connectivity index (χ0n) is 13.8. The molecule has 0 aliphatic carbocycles. The predicted octanol–water partition coefficient (Wildman–Crippen LogP) is 2.67. The van der Waals surface area contributed by atoms with Gasteiger partial charge in [0.05, 0.1) is 11.3 Å². The molecule has 7 heteroatoms. The Balaban J connectivity index is 1.85. The van der Waals surface area contributed by atoms with Crippen LogP contribution in [0.15, 0.2) is 48.0 Å². The molecule has 1 aliphatic heterocycles. The third-order valence-corrected chi connectivity index (χ3v) is 4.07. The number of hydrogen-bond acceptors (Lipinski definition) is 4. The lowest BCUT2D eigenvalue weighted by Gasteiger charge is -2.18. The second-order valence-corrected chi connectivity index (χ2v) is 5.86. The minimum absolute atomic E-state index is 0.0159. The first kappa shape index (κ1) is 17.3. The van der Waals surface area contributed by atoms with Crippen molar-refractivity contribution in [1.29, 1.82) is 5.41 Å². The lowest BCUT2D eigenvalue weighted by atomic mass is 10.0. The van der Waals surface area contributed by atoms with Gasteiger partial charge in [-0.05, 0) is 42.3 Å². The number of carbonyl (C=O) groups excluding carboxylic acids is 2. The Morgan fingerprint density at radius 1 is 1.23 bits per heavy atom. The van der Waals surface area contributed by atoms with Crippen LogP contribution in [0.1, 0.15) is 17.5 Å². The molecule has 132 valence electrons. The van der Waals surface area contributed by atoms with E-state index in [1.807, 2.05) is 0 Å². The molecule has 2 amide bonds. The van der Waals surface area contributed by atoms with Crippen molar-refractivity contribution in [3.8, 4) is 0 Å². The van der Waals surface area contributed by atoms with Gasteiger partial charge in [0, 0.05) is 29.6 Å². The Labute approximate surface area is 149 Å². The third-order valence-electron chi connectivity index (χ3n) is 4.07. The van der Waals surface area contributed by atoms with Gasteiger partial charge < -0.3 is 21.8 Å². The highest BCUT2D eigenvalue weighted by Crippen LogP contribution is 2.26. The van der Waals surface area contributed by atoms with Gasteiger partial charge in [0.1, 0.15) is 5.82 Å². The molecule has 1 aliphatic rings. The maximum atomic E-state index is 13.4. The highest BCUT2D eigenvalue weighted by molar-refractivity contribution is 6.22. The highest BCUT2D eigenvalue weighted by atomic mass is 19.1. The van der Waals surface area contributed by atoms with Gasteiger partial charge in [-0.2, -0.15) is 0 Å². The van der Waals surface area contributed by atoms with Crippen molar-refractivity contribution >= 4 is 35.1 Å². The number of amides is 2. The number of benzene rings is 2. The van der Waals surface area contributed by atoms with Crippen LogP contribution in [0.4, 0.5) is 15.8 Å². The molecule has 0 radical (unpaired) electrons. The number of nitrogens with one attached hydrogen (secondary N) is 3. The minimum atomic E-state index is -0.568. The molecule has 6 nitrogen and oxygen atoms in total. The van der Waals surface area contributed by atoms with Crippen LogP contribution in [0.3, 0.4) is 0 Å². The van der Waals surface area contributed by atoms with Crippen LogP contribution >= 0.6 is 0 Å². The number of fused-ring (bicyclic) bond motifs is 1. The van der Waals surface area contributed by atoms with E-state index in [9.17, 15) is 14.0 Å². The molecule has 0 fully saturated rings. The zero-order valence-corrected chi connectivity index (χ0v) is 13.8. The summed E-state index contributed by atoms with van der Waals surface area (Å²) < 4.78 is 13.4. The number of carbonyl (C=O) groups is 2. The number of aryl methyl sites for hydroxylation is 1. The van der Waals surface area contributed by atoms with Crippen molar-refractivity contribution in [2.24, 2.45) is 5.73 Å². The Kier molecular flexibility index (Phi) is 4.79. The fourth-order valence-corrected chi connectivity index (χ4v) is 2.74. The summed E-state index contributed by atoms with van der Waals surface area (Å²) in [6.07, 6.45) is 1.82. The van der Waals surface area contributed by atoms with Crippen LogP contribution in [-0.4, -0.2) is 18.0 Å². The van der Waals surface area contributed by atoms with E-state index in [1.165, 1.54) is 18.2 Å². The molecule has 0 spiro atoms. The molecule has 26 heavy (non-hydrogen) atoms. The number of nitrogens with two attached hydrogens (primary N) is 1. The summed E-state index contributed by atoms with van der Waals surface area (Å²) in [5.74, 6) is -1.08. The van der Waals surface area contributed by atoms with E-state index in [1.54, 1.807) is 24.3 Å². The highest BCUT2D eigenvalue weighted by Gasteiger charge is 2.17. The Bertz CT molecular complexity index is 937. The van der Waals surface area contributed by atoms with Crippen LogP contribution in [-0.2, 0) is 16.0 Å². The Morgan fingerprint density at radius 3 is 2.77 bits per heavy atom. The molecule has 0 aromatic heterocycles. The van der Waals surface area contributed by atoms with E-state index in [2.05, 4.69) is 10.6 Å². The number of halogens is 1. The quantitative estimate of drug-likeness (QED) is 0.502. The standard InChI is InChI=1S/C19H17FN4O2/c20-13-3-1-2-12(8-13)18(22)15(10-21)19(26)23-14-5-6-16-11(9-14)4-7-17(25)24-16/h1-3,5-6,8-10,21H,4,7,22H2,(H,23,26)(H,24,25)/b18-15+,21-10?. The Hall–Kier alpha value is -3.48. The summed E-state index contributed by atoms with van der Waals surface area (Å²) in [6, 6.07) is 10.7. The van der Waals surface area contributed by atoms with Gasteiger partial charge in [-0.3, -0.25) is 9.59 Å². The molecule has 0 bridgehead atoms. The second kappa shape index (κ2) is 7.18. The Morgan fingerprint density at radius 2 is 2.04 bits per heavy atom. The van der Waals surface area contributed by atoms with Crippen LogP contribution < -0.4 is 16.4 Å². The zero-order chi connectivity index (χ0) is 18.7. The van der Waals surface area contributed by atoms with E-state index in [4.69, 9.17) is 11.1 Å². The van der Waals surface area contributed by atoms with Crippen LogP contribution in [0.25, 0.3) is 5.70 Å². The van der Waals surface area contributed by atoms with E-state index < -0.39 is 11.7 Å². The largest absolute Gasteiger partial charge is 0.398 e. The lowest BCUT2D eigenvalue weighted by molar-refractivity contribution is -0.116. The number of rotatable bonds is 4. The van der Waals surface area contributed by atoms with Gasteiger partial charge in [0.25, 0.3) is 5.91 Å². The normalized spacial score (nSPS) is 14.0. The molecule has 1 heterocycles. The fourth-order valence-electron chi connectivity index (χ4n) is 2.74. The van der Waals surface area contributed by atoms with Crippen molar-refractivity contribution in [3.63, 3.8) is 0 Å². The maximum Gasteiger partial charge on any atom is 0.259 e. The monoisotopic (exact) mass is 352 g/mol. The smallest absolute Gasteiger partial charge is 0.259 e. The first-order chi connectivity index (χ1) is 12.5. The van der Waals surface area contributed by atoms with Gasteiger partial charge in [-0.15, -0.1) is 0 Å². The van der Waals surface area contributed by atoms with Crippen molar-refractivity contribution in [2.75, 3.05) is 10.6 Å². The average molecular weight is 352 g/mol. The summed E-state index contributed by atoms with van der Waals surface area (Å²) in [6.45, 7) is 0. The van der Waals surface area contributed by atoms with Crippen molar-refractivity contribution in [2.45, 2.75) is 12.8 Å². The fraction of sp³-hybridized carbons (Fsp3) is 0.105. The topological polar surface area (TPSA) is 108 Å². The van der Waals surface area contributed by atoms with Crippen LogP contribution in [0.2, 0.25) is 0 Å². The molecule has 0 unspecified atom stereocenters. The van der Waals surface area contributed by atoms with Crippen molar-refractivity contribution in [1.82, 2.24) is 0 Å². The van der Waals surface area contributed by atoms with Gasteiger partial charge in [0.2, 0.25) is 5.91 Å². The van der Waals surface area contributed by atoms with E-state index in [0.29, 0.717) is 24.1 Å². The number of anilines is 2. The van der Waals surface area contributed by atoms with Crippen LogP contribution in [0, 0.1) is 11.2 Å². The third kappa shape index (κ3) is 3.61. The van der Waals surface area contributed by atoms with Gasteiger partial charge in [0.15, 0.2) is 0 Å². The van der Waals surface area contributed by atoms with Gasteiger partial charge >= 0.3 is 0 Å². The molecular formula is C19H17FN4O2. The molecule has 0 atom stereocenters. The maximum absolute atomic E-state index is 13.4. The number of hydrogen-bond donors (Lipinski definition) is 4. The first-order valence-corrected chi connectivity index (χ1v) is 7.98. The SMILES string of the molecule is N=C/C(C(=O)Nc1ccc2c(c1)CCC(=O)N2)=C(\N)c1cccc(F)c1. The molecule has 2 aromatic carbocycles. The van der Waals surface area contributed by atoms with Crippen molar-refractivity contribution in [3.05, 3.63) is 65.0 Å². The lowest BCUT2D eigenvalue weighted by Crippen LogP contribution is -2.21. The summed E-state index contributed by atoms with van der Waals surface area (Å²) in [7, 11) is 0. The predicted molar refractivity (Wildman–Crippen MR) is 98.3 cm³/mol. The second-order valence-electron chi connectivity index (χ2n) is 5.86. The minimum Gasteiger partial charge on any atom is -0.398 e. The first-order valence-electron chi connectivity index (χ1n) is 7.98. The summed E-state index contributed by atoms with van der Waals surface area (Å²) in [5.41, 5.74) is 8.39.